The van der Waals surface area contributed by atoms with Crippen molar-refractivity contribution in [1.29, 1.82) is 0 Å². The van der Waals surface area contributed by atoms with Gasteiger partial charge in [-0.1, -0.05) is 35.9 Å². The Morgan fingerprint density at radius 3 is 2.50 bits per heavy atom. The maximum atomic E-state index is 13.8. The molecule has 2 aromatic rings. The van der Waals surface area contributed by atoms with Gasteiger partial charge in [0.15, 0.2) is 0 Å². The molecule has 0 spiro atoms. The molecule has 2 aromatic carbocycles. The Balaban J connectivity index is 2.23. The molecule has 0 amide bonds. The lowest BCUT2D eigenvalue weighted by atomic mass is 10.1. The lowest BCUT2D eigenvalue weighted by Gasteiger charge is -2.19. The number of benzene rings is 2. The van der Waals surface area contributed by atoms with Crippen LogP contribution in [0.1, 0.15) is 11.6 Å². The summed E-state index contributed by atoms with van der Waals surface area (Å²) in [7, 11) is 0. The molecule has 1 atom stereocenters. The van der Waals surface area contributed by atoms with Crippen LogP contribution in [0.3, 0.4) is 0 Å². The molecule has 2 nitrogen and oxygen atoms in total. The fourth-order valence-electron chi connectivity index (χ4n) is 1.78. The minimum absolute atomic E-state index is 0.273. The Bertz CT molecular complexity index is 516. The summed E-state index contributed by atoms with van der Waals surface area (Å²) in [6.07, 6.45) is 0. The van der Waals surface area contributed by atoms with Crippen LogP contribution in [0.5, 0.6) is 0 Å². The highest BCUT2D eigenvalue weighted by Gasteiger charge is 2.14. The highest BCUT2D eigenvalue weighted by Crippen LogP contribution is 2.23. The second kappa shape index (κ2) is 5.85. The summed E-state index contributed by atoms with van der Waals surface area (Å²) >= 11 is 5.73. The van der Waals surface area contributed by atoms with Gasteiger partial charge in [0.25, 0.3) is 0 Å². The molecule has 0 aliphatic carbocycles. The molecule has 94 valence electrons. The molecule has 0 heterocycles. The number of nitrogens with two attached hydrogens (primary N) is 1. The van der Waals surface area contributed by atoms with E-state index >= 15 is 0 Å². The van der Waals surface area contributed by atoms with Crippen LogP contribution >= 0.6 is 11.6 Å². The van der Waals surface area contributed by atoms with Gasteiger partial charge >= 0.3 is 0 Å². The zero-order valence-corrected chi connectivity index (χ0v) is 10.5. The zero-order chi connectivity index (χ0) is 13.0. The fourth-order valence-corrected chi connectivity index (χ4v) is 1.94. The van der Waals surface area contributed by atoms with Crippen LogP contribution in [-0.4, -0.2) is 6.54 Å². The lowest BCUT2D eigenvalue weighted by Crippen LogP contribution is -2.21. The van der Waals surface area contributed by atoms with Gasteiger partial charge in [0, 0.05) is 22.8 Å². The molecule has 3 N–H and O–H groups in total. The predicted octanol–water partition coefficient (Wildman–Crippen LogP) is 3.59. The van der Waals surface area contributed by atoms with Gasteiger partial charge in [0.05, 0.1) is 6.04 Å². The van der Waals surface area contributed by atoms with E-state index in [2.05, 4.69) is 5.32 Å². The van der Waals surface area contributed by atoms with E-state index in [-0.39, 0.29) is 11.9 Å². The Hall–Kier alpha value is -1.58. The number of halogens is 2. The van der Waals surface area contributed by atoms with Crippen molar-refractivity contribution in [3.63, 3.8) is 0 Å². The molecule has 0 aromatic heterocycles. The molecule has 0 aliphatic heterocycles. The first-order chi connectivity index (χ1) is 8.70. The van der Waals surface area contributed by atoms with Crippen LogP contribution in [-0.2, 0) is 0 Å². The van der Waals surface area contributed by atoms with Crippen molar-refractivity contribution in [2.45, 2.75) is 6.04 Å². The lowest BCUT2D eigenvalue weighted by molar-refractivity contribution is 0.593. The van der Waals surface area contributed by atoms with E-state index in [0.29, 0.717) is 17.1 Å². The van der Waals surface area contributed by atoms with Gasteiger partial charge in [0.2, 0.25) is 0 Å². The molecule has 2 rings (SSSR count). The van der Waals surface area contributed by atoms with Crippen LogP contribution in [0.2, 0.25) is 5.02 Å². The third kappa shape index (κ3) is 3.00. The van der Waals surface area contributed by atoms with Gasteiger partial charge in [0.1, 0.15) is 5.82 Å². The fraction of sp³-hybridized carbons (Fsp3) is 0.143. The largest absolute Gasteiger partial charge is 0.377 e. The van der Waals surface area contributed by atoms with Crippen LogP contribution in [0.4, 0.5) is 10.1 Å². The minimum atomic E-state index is -0.346. The number of hydrogen-bond donors (Lipinski definition) is 2. The SMILES string of the molecule is NCC(Nc1ccccc1)c1ccc(Cl)cc1F. The summed E-state index contributed by atoms with van der Waals surface area (Å²) in [6.45, 7) is 0.299. The van der Waals surface area contributed by atoms with Crippen molar-refractivity contribution in [3.05, 3.63) is 64.9 Å². The van der Waals surface area contributed by atoms with E-state index < -0.39 is 0 Å². The second-order valence-electron chi connectivity index (χ2n) is 3.96. The molecular weight excluding hydrogens is 251 g/mol. The summed E-state index contributed by atoms with van der Waals surface area (Å²) in [4.78, 5) is 0. The number of anilines is 1. The smallest absolute Gasteiger partial charge is 0.130 e. The molecular formula is C14H14ClFN2. The highest BCUT2D eigenvalue weighted by atomic mass is 35.5. The van der Waals surface area contributed by atoms with E-state index in [1.54, 1.807) is 12.1 Å². The third-order valence-electron chi connectivity index (χ3n) is 2.69. The molecule has 0 aliphatic rings. The van der Waals surface area contributed by atoms with E-state index in [0.717, 1.165) is 5.69 Å². The summed E-state index contributed by atoms with van der Waals surface area (Å²) in [5.41, 5.74) is 7.12. The van der Waals surface area contributed by atoms with Crippen molar-refractivity contribution in [1.82, 2.24) is 0 Å². The first-order valence-corrected chi connectivity index (χ1v) is 6.05. The monoisotopic (exact) mass is 264 g/mol. The van der Waals surface area contributed by atoms with E-state index in [1.807, 2.05) is 30.3 Å². The van der Waals surface area contributed by atoms with Gasteiger partial charge < -0.3 is 11.1 Å². The topological polar surface area (TPSA) is 38.0 Å². The van der Waals surface area contributed by atoms with Gasteiger partial charge in [-0.25, -0.2) is 4.39 Å². The van der Waals surface area contributed by atoms with Crippen molar-refractivity contribution in [2.75, 3.05) is 11.9 Å². The van der Waals surface area contributed by atoms with Crippen molar-refractivity contribution in [3.8, 4) is 0 Å². The zero-order valence-electron chi connectivity index (χ0n) is 9.74. The number of hydrogen-bond acceptors (Lipinski definition) is 2. The highest BCUT2D eigenvalue weighted by molar-refractivity contribution is 6.30. The van der Waals surface area contributed by atoms with Gasteiger partial charge in [-0.3, -0.25) is 0 Å². The summed E-state index contributed by atoms with van der Waals surface area (Å²) in [6, 6.07) is 13.9. The first kappa shape index (κ1) is 12.9. The Morgan fingerprint density at radius 2 is 1.89 bits per heavy atom. The van der Waals surface area contributed by atoms with Crippen LogP contribution in [0.15, 0.2) is 48.5 Å². The minimum Gasteiger partial charge on any atom is -0.377 e. The van der Waals surface area contributed by atoms with E-state index in [4.69, 9.17) is 17.3 Å². The van der Waals surface area contributed by atoms with Crippen molar-refractivity contribution >= 4 is 17.3 Å². The summed E-state index contributed by atoms with van der Waals surface area (Å²) < 4.78 is 13.8. The number of nitrogens with one attached hydrogen (secondary N) is 1. The molecule has 1 unspecified atom stereocenters. The van der Waals surface area contributed by atoms with Crippen LogP contribution in [0, 0.1) is 5.82 Å². The average molecular weight is 265 g/mol. The molecule has 0 radical (unpaired) electrons. The van der Waals surface area contributed by atoms with E-state index in [1.165, 1.54) is 6.07 Å². The second-order valence-corrected chi connectivity index (χ2v) is 4.40. The molecule has 0 saturated carbocycles. The number of para-hydroxylation sites is 1. The van der Waals surface area contributed by atoms with Crippen LogP contribution in [0.25, 0.3) is 0 Å². The standard InChI is InChI=1S/C14H14ClFN2/c15-10-6-7-12(13(16)8-10)14(9-17)18-11-4-2-1-3-5-11/h1-8,14,18H,9,17H2. The predicted molar refractivity (Wildman–Crippen MR) is 73.3 cm³/mol. The van der Waals surface area contributed by atoms with Crippen LogP contribution < -0.4 is 11.1 Å². The average Bonchev–Trinajstić information content (AvgIpc) is 2.38. The normalized spacial score (nSPS) is 12.2. The molecule has 4 heteroatoms. The van der Waals surface area contributed by atoms with Gasteiger partial charge in [-0.2, -0.15) is 0 Å². The van der Waals surface area contributed by atoms with Crippen molar-refractivity contribution in [2.24, 2.45) is 5.73 Å². The van der Waals surface area contributed by atoms with Crippen molar-refractivity contribution < 1.29 is 4.39 Å². The molecule has 0 saturated heterocycles. The van der Waals surface area contributed by atoms with E-state index in [9.17, 15) is 4.39 Å². The third-order valence-corrected chi connectivity index (χ3v) is 2.92. The molecule has 18 heavy (non-hydrogen) atoms. The summed E-state index contributed by atoms with van der Waals surface area (Å²) in [5.74, 6) is -0.346. The maximum absolute atomic E-state index is 13.8. The van der Waals surface area contributed by atoms with Gasteiger partial charge in [-0.15, -0.1) is 0 Å². The maximum Gasteiger partial charge on any atom is 0.130 e. The Kier molecular flexibility index (Phi) is 4.18. The Labute approximate surface area is 111 Å². The molecule has 0 bridgehead atoms. The summed E-state index contributed by atoms with van der Waals surface area (Å²) in [5, 5.41) is 3.58. The quantitative estimate of drug-likeness (QED) is 0.886. The van der Waals surface area contributed by atoms with Gasteiger partial charge in [-0.05, 0) is 24.3 Å². The first-order valence-electron chi connectivity index (χ1n) is 5.67. The number of rotatable bonds is 4. The molecule has 0 fully saturated rings. The Morgan fingerprint density at radius 1 is 1.17 bits per heavy atom.